The van der Waals surface area contributed by atoms with Gasteiger partial charge in [0.15, 0.2) is 0 Å². The molecule has 0 spiro atoms. The average molecular weight is 441 g/mol. The Bertz CT molecular complexity index is 1210. The lowest BCUT2D eigenvalue weighted by Gasteiger charge is -2.10. The molecule has 2 amide bonds. The largest absolute Gasteiger partial charge is 0.489 e. The van der Waals surface area contributed by atoms with Gasteiger partial charge in [0.2, 0.25) is 0 Å². The number of furan rings is 1. The lowest BCUT2D eigenvalue weighted by Crippen LogP contribution is -2.24. The number of benzene rings is 2. The van der Waals surface area contributed by atoms with Crippen LogP contribution in [0.2, 0.25) is 0 Å². The first-order valence-corrected chi connectivity index (χ1v) is 10.5. The van der Waals surface area contributed by atoms with Gasteiger partial charge in [-0.2, -0.15) is 0 Å². The maximum atomic E-state index is 12.6. The number of hydrogen-bond acceptors (Lipinski definition) is 5. The number of nitrogens with one attached hydrogen (secondary N) is 2. The summed E-state index contributed by atoms with van der Waals surface area (Å²) in [4.78, 5) is 29.1. The van der Waals surface area contributed by atoms with Crippen molar-refractivity contribution in [1.29, 1.82) is 0 Å². The molecule has 2 aromatic carbocycles. The number of rotatable bonds is 9. The van der Waals surface area contributed by atoms with Crippen molar-refractivity contribution in [2.45, 2.75) is 19.7 Å². The van der Waals surface area contributed by atoms with Crippen LogP contribution in [0.4, 0.5) is 0 Å². The normalized spacial score (nSPS) is 10.4. The molecular formula is C26H23N3O4. The summed E-state index contributed by atoms with van der Waals surface area (Å²) in [5.41, 5.74) is 2.77. The molecule has 0 fully saturated rings. The lowest BCUT2D eigenvalue weighted by atomic mass is 10.1. The minimum Gasteiger partial charge on any atom is -0.489 e. The van der Waals surface area contributed by atoms with Gasteiger partial charge < -0.3 is 19.8 Å². The molecule has 4 aromatic rings. The molecule has 4 rings (SSSR count). The Morgan fingerprint density at radius 1 is 0.818 bits per heavy atom. The monoisotopic (exact) mass is 441 g/mol. The lowest BCUT2D eigenvalue weighted by molar-refractivity contribution is 0.0943. The minimum atomic E-state index is -0.227. The highest BCUT2D eigenvalue weighted by Gasteiger charge is 2.10. The third-order valence-corrected chi connectivity index (χ3v) is 4.87. The molecular weight excluding hydrogens is 418 g/mol. The quantitative estimate of drug-likeness (QED) is 0.408. The molecule has 166 valence electrons. The van der Waals surface area contributed by atoms with Crippen molar-refractivity contribution in [3.8, 4) is 5.75 Å². The van der Waals surface area contributed by atoms with E-state index in [9.17, 15) is 9.59 Å². The van der Waals surface area contributed by atoms with E-state index < -0.39 is 0 Å². The smallest absolute Gasteiger partial charge is 0.251 e. The first kappa shape index (κ1) is 21.8. The van der Waals surface area contributed by atoms with E-state index in [1.54, 1.807) is 73.3 Å². The van der Waals surface area contributed by atoms with Gasteiger partial charge in [-0.25, -0.2) is 0 Å². The standard InChI is InChI=1S/C26H23N3O4/c30-25(29-17-24-10-4-12-32-24)21-7-1-5-19(13-21)16-28-26(31)22-8-2-9-23(14-22)33-18-20-6-3-11-27-15-20/h1-15H,16-18H2,(H,28,31)(H,29,30). The van der Waals surface area contributed by atoms with E-state index in [1.807, 2.05) is 18.2 Å². The molecule has 0 saturated heterocycles. The van der Waals surface area contributed by atoms with E-state index in [1.165, 1.54) is 0 Å². The van der Waals surface area contributed by atoms with E-state index in [-0.39, 0.29) is 11.8 Å². The van der Waals surface area contributed by atoms with Crippen LogP contribution in [0, 0.1) is 0 Å². The second-order valence-corrected chi connectivity index (χ2v) is 7.32. The maximum absolute atomic E-state index is 12.6. The van der Waals surface area contributed by atoms with Gasteiger partial charge in [0.05, 0.1) is 12.8 Å². The topological polar surface area (TPSA) is 93.5 Å². The van der Waals surface area contributed by atoms with Crippen molar-refractivity contribution in [3.63, 3.8) is 0 Å². The first-order chi connectivity index (χ1) is 16.2. The summed E-state index contributed by atoms with van der Waals surface area (Å²) in [7, 11) is 0. The van der Waals surface area contributed by atoms with Crippen LogP contribution in [0.1, 0.15) is 37.6 Å². The van der Waals surface area contributed by atoms with Crippen LogP contribution in [0.3, 0.4) is 0 Å². The van der Waals surface area contributed by atoms with Gasteiger partial charge in [0.25, 0.3) is 11.8 Å². The third-order valence-electron chi connectivity index (χ3n) is 4.87. The van der Waals surface area contributed by atoms with Gasteiger partial charge in [0.1, 0.15) is 18.1 Å². The molecule has 2 aromatic heterocycles. The molecule has 0 unspecified atom stereocenters. The summed E-state index contributed by atoms with van der Waals surface area (Å²) in [6.45, 7) is 0.971. The third kappa shape index (κ3) is 6.30. The molecule has 0 saturated carbocycles. The summed E-state index contributed by atoms with van der Waals surface area (Å²) in [6.07, 6.45) is 5.01. The highest BCUT2D eigenvalue weighted by atomic mass is 16.5. The van der Waals surface area contributed by atoms with Gasteiger partial charge in [-0.1, -0.05) is 24.3 Å². The Balaban J connectivity index is 1.31. The van der Waals surface area contributed by atoms with Crippen molar-refractivity contribution >= 4 is 11.8 Å². The number of amides is 2. The van der Waals surface area contributed by atoms with Crippen LogP contribution in [0.25, 0.3) is 0 Å². The Labute approximate surface area is 191 Å². The molecule has 0 atom stereocenters. The number of nitrogens with zero attached hydrogens (tertiary/aromatic N) is 1. The van der Waals surface area contributed by atoms with Crippen LogP contribution in [-0.2, 0) is 19.7 Å². The van der Waals surface area contributed by atoms with E-state index in [0.717, 1.165) is 11.1 Å². The second kappa shape index (κ2) is 10.8. The van der Waals surface area contributed by atoms with E-state index in [4.69, 9.17) is 9.15 Å². The number of aromatic nitrogens is 1. The SMILES string of the molecule is O=C(NCc1cccc(C(=O)NCc2ccco2)c1)c1cccc(OCc2cccnc2)c1. The predicted octanol–water partition coefficient (Wildman–Crippen LogP) is 4.11. The maximum Gasteiger partial charge on any atom is 0.251 e. The predicted molar refractivity (Wildman–Crippen MR) is 123 cm³/mol. The molecule has 0 radical (unpaired) electrons. The van der Waals surface area contributed by atoms with Gasteiger partial charge in [-0.05, 0) is 54.1 Å². The Kier molecular flexibility index (Phi) is 7.12. The average Bonchev–Trinajstić information content (AvgIpc) is 3.39. The van der Waals surface area contributed by atoms with Crippen molar-refractivity contribution < 1.29 is 18.7 Å². The molecule has 0 bridgehead atoms. The zero-order chi connectivity index (χ0) is 22.9. The Morgan fingerprint density at radius 3 is 2.33 bits per heavy atom. The van der Waals surface area contributed by atoms with Gasteiger partial charge in [-0.15, -0.1) is 0 Å². The zero-order valence-corrected chi connectivity index (χ0v) is 17.9. The molecule has 7 heteroatoms. The summed E-state index contributed by atoms with van der Waals surface area (Å²) in [6, 6.07) is 21.5. The Morgan fingerprint density at radius 2 is 1.58 bits per heavy atom. The van der Waals surface area contributed by atoms with Gasteiger partial charge >= 0.3 is 0 Å². The highest BCUT2D eigenvalue weighted by molar-refractivity contribution is 5.95. The van der Waals surface area contributed by atoms with Crippen LogP contribution < -0.4 is 15.4 Å². The molecule has 0 aliphatic carbocycles. The van der Waals surface area contributed by atoms with E-state index in [2.05, 4.69) is 15.6 Å². The second-order valence-electron chi connectivity index (χ2n) is 7.32. The minimum absolute atomic E-state index is 0.210. The van der Waals surface area contributed by atoms with Crippen molar-refractivity contribution in [1.82, 2.24) is 15.6 Å². The van der Waals surface area contributed by atoms with Crippen LogP contribution >= 0.6 is 0 Å². The first-order valence-electron chi connectivity index (χ1n) is 10.5. The van der Waals surface area contributed by atoms with Crippen LogP contribution in [0.5, 0.6) is 5.75 Å². The Hall–Kier alpha value is -4.39. The number of ether oxygens (including phenoxy) is 1. The summed E-state index contributed by atoms with van der Waals surface area (Å²) in [5.74, 6) is 0.840. The molecule has 0 aliphatic rings. The molecule has 7 nitrogen and oxygen atoms in total. The zero-order valence-electron chi connectivity index (χ0n) is 17.9. The van der Waals surface area contributed by atoms with E-state index in [0.29, 0.717) is 42.3 Å². The fourth-order valence-corrected chi connectivity index (χ4v) is 3.17. The molecule has 2 N–H and O–H groups in total. The molecule has 33 heavy (non-hydrogen) atoms. The summed E-state index contributed by atoms with van der Waals surface area (Å²) in [5, 5.41) is 5.70. The van der Waals surface area contributed by atoms with E-state index >= 15 is 0 Å². The number of pyridine rings is 1. The van der Waals surface area contributed by atoms with Crippen LogP contribution in [0.15, 0.2) is 95.9 Å². The van der Waals surface area contributed by atoms with Crippen molar-refractivity contribution in [2.75, 3.05) is 0 Å². The highest BCUT2D eigenvalue weighted by Crippen LogP contribution is 2.15. The summed E-state index contributed by atoms with van der Waals surface area (Å²) < 4.78 is 11.0. The molecule has 0 aliphatic heterocycles. The number of hydrogen-bond donors (Lipinski definition) is 2. The fraction of sp³-hybridized carbons (Fsp3) is 0.115. The number of carbonyl (C=O) groups is 2. The molecule has 2 heterocycles. The fourth-order valence-electron chi connectivity index (χ4n) is 3.17. The van der Waals surface area contributed by atoms with Crippen molar-refractivity contribution in [3.05, 3.63) is 119 Å². The van der Waals surface area contributed by atoms with Crippen molar-refractivity contribution in [2.24, 2.45) is 0 Å². The summed E-state index contributed by atoms with van der Waals surface area (Å²) >= 11 is 0. The van der Waals surface area contributed by atoms with Gasteiger partial charge in [0, 0.05) is 35.6 Å². The van der Waals surface area contributed by atoms with Crippen LogP contribution in [-0.4, -0.2) is 16.8 Å². The van der Waals surface area contributed by atoms with Gasteiger partial charge in [-0.3, -0.25) is 14.6 Å². The number of carbonyl (C=O) groups excluding carboxylic acids is 2.